The van der Waals surface area contributed by atoms with Crippen LogP contribution < -0.4 is 0 Å². The van der Waals surface area contributed by atoms with Crippen molar-refractivity contribution in [1.82, 2.24) is 34.4 Å². The summed E-state index contributed by atoms with van der Waals surface area (Å²) in [5.41, 5.74) is 6.22. The third-order valence-corrected chi connectivity index (χ3v) is 6.18. The van der Waals surface area contributed by atoms with Crippen molar-refractivity contribution >= 4 is 11.0 Å². The minimum atomic E-state index is 0.342. The highest BCUT2D eigenvalue weighted by molar-refractivity contribution is 5.90. The molecule has 0 aliphatic carbocycles. The van der Waals surface area contributed by atoms with Crippen LogP contribution >= 0.6 is 0 Å². The molecule has 0 amide bonds. The van der Waals surface area contributed by atoms with Gasteiger partial charge in [-0.2, -0.15) is 5.10 Å². The first kappa shape index (κ1) is 19.9. The maximum atomic E-state index is 5.22. The van der Waals surface area contributed by atoms with Gasteiger partial charge >= 0.3 is 0 Å². The minimum Gasteiger partial charge on any atom is -0.361 e. The molecule has 1 fully saturated rings. The third-order valence-electron chi connectivity index (χ3n) is 6.18. The van der Waals surface area contributed by atoms with Crippen LogP contribution in [-0.4, -0.2) is 47.5 Å². The summed E-state index contributed by atoms with van der Waals surface area (Å²) >= 11 is 0. The van der Waals surface area contributed by atoms with Gasteiger partial charge in [-0.15, -0.1) is 0 Å². The molecule has 0 saturated carbocycles. The number of hydrogen-bond donors (Lipinski definition) is 0. The average Bonchev–Trinajstić information content (AvgIpc) is 3.47. The average molecular weight is 420 g/mol. The first-order valence-electron chi connectivity index (χ1n) is 11.0. The van der Waals surface area contributed by atoms with Gasteiger partial charge in [0.2, 0.25) is 0 Å². The molecule has 1 aliphatic rings. The van der Waals surface area contributed by atoms with E-state index in [4.69, 9.17) is 14.5 Å². The molecule has 1 aliphatic heterocycles. The largest absolute Gasteiger partial charge is 0.361 e. The summed E-state index contributed by atoms with van der Waals surface area (Å²) in [5.74, 6) is 1.30. The molecule has 5 rings (SSSR count). The summed E-state index contributed by atoms with van der Waals surface area (Å²) in [6, 6.07) is 4.62. The molecule has 0 radical (unpaired) electrons. The Hall–Kier alpha value is -3.00. The highest BCUT2D eigenvalue weighted by Gasteiger charge is 2.25. The van der Waals surface area contributed by atoms with Crippen molar-refractivity contribution < 1.29 is 4.52 Å². The van der Waals surface area contributed by atoms with E-state index in [0.717, 1.165) is 71.9 Å². The molecule has 4 aromatic heterocycles. The molecule has 8 nitrogen and oxygen atoms in total. The van der Waals surface area contributed by atoms with Gasteiger partial charge in [-0.3, -0.25) is 9.58 Å². The van der Waals surface area contributed by atoms with E-state index >= 15 is 0 Å². The minimum absolute atomic E-state index is 0.342. The highest BCUT2D eigenvalue weighted by atomic mass is 16.5. The SMILES string of the molecule is Cc1cc(CN2CCC(c3cc4c(ncn4C(C)C)c(-c4cnn(C)c4)n3)CC2)no1. The Morgan fingerprint density at radius 3 is 2.65 bits per heavy atom. The maximum absolute atomic E-state index is 5.22. The smallest absolute Gasteiger partial charge is 0.133 e. The molecule has 162 valence electrons. The molecule has 8 heteroatoms. The molecular weight excluding hydrogens is 390 g/mol. The molecule has 0 bridgehead atoms. The van der Waals surface area contributed by atoms with E-state index in [1.165, 1.54) is 0 Å². The molecule has 4 aromatic rings. The normalized spacial score (nSPS) is 16.0. The lowest BCUT2D eigenvalue weighted by Gasteiger charge is -2.31. The quantitative estimate of drug-likeness (QED) is 0.485. The van der Waals surface area contributed by atoms with Crippen LogP contribution in [0.1, 0.15) is 55.8 Å². The van der Waals surface area contributed by atoms with Crippen molar-refractivity contribution in [3.8, 4) is 11.3 Å². The summed E-state index contributed by atoms with van der Waals surface area (Å²) in [5, 5.41) is 8.50. The third kappa shape index (κ3) is 3.87. The number of fused-ring (bicyclic) bond motifs is 1. The van der Waals surface area contributed by atoms with Gasteiger partial charge in [0.25, 0.3) is 0 Å². The Morgan fingerprint density at radius 1 is 1.19 bits per heavy atom. The van der Waals surface area contributed by atoms with E-state index in [1.807, 2.05) is 43.4 Å². The van der Waals surface area contributed by atoms with Crippen molar-refractivity contribution in [1.29, 1.82) is 0 Å². The lowest BCUT2D eigenvalue weighted by molar-refractivity contribution is 0.198. The van der Waals surface area contributed by atoms with Crippen molar-refractivity contribution in [2.75, 3.05) is 13.1 Å². The van der Waals surface area contributed by atoms with E-state index in [1.54, 1.807) is 0 Å². The Labute approximate surface area is 181 Å². The summed E-state index contributed by atoms with van der Waals surface area (Å²) in [7, 11) is 1.93. The van der Waals surface area contributed by atoms with Crippen LogP contribution in [0.3, 0.4) is 0 Å². The molecule has 0 atom stereocenters. The van der Waals surface area contributed by atoms with Gasteiger partial charge in [-0.25, -0.2) is 9.97 Å². The second kappa shape index (κ2) is 7.92. The fourth-order valence-corrected chi connectivity index (χ4v) is 4.52. The molecule has 1 saturated heterocycles. The monoisotopic (exact) mass is 419 g/mol. The Balaban J connectivity index is 1.43. The molecular formula is C23H29N7O. The summed E-state index contributed by atoms with van der Waals surface area (Å²) in [6.45, 7) is 9.22. The van der Waals surface area contributed by atoms with Gasteiger partial charge in [0.15, 0.2) is 0 Å². The van der Waals surface area contributed by atoms with Gasteiger partial charge < -0.3 is 9.09 Å². The van der Waals surface area contributed by atoms with E-state index in [9.17, 15) is 0 Å². The zero-order valence-corrected chi connectivity index (χ0v) is 18.6. The van der Waals surface area contributed by atoms with Gasteiger partial charge in [-0.05, 0) is 52.8 Å². The topological polar surface area (TPSA) is 77.8 Å². The predicted molar refractivity (Wildman–Crippen MR) is 119 cm³/mol. The Kier molecular flexibility index (Phi) is 5.09. The van der Waals surface area contributed by atoms with Crippen LogP contribution in [0.15, 0.2) is 35.4 Å². The molecule has 0 spiro atoms. The van der Waals surface area contributed by atoms with E-state index < -0.39 is 0 Å². The lowest BCUT2D eigenvalue weighted by atomic mass is 9.92. The second-order valence-corrected chi connectivity index (χ2v) is 8.89. The Morgan fingerprint density at radius 2 is 2.00 bits per heavy atom. The zero-order valence-electron chi connectivity index (χ0n) is 18.6. The zero-order chi connectivity index (χ0) is 21.5. The van der Waals surface area contributed by atoms with Crippen LogP contribution in [0.4, 0.5) is 0 Å². The number of aromatic nitrogens is 6. The van der Waals surface area contributed by atoms with Crippen LogP contribution in [0.25, 0.3) is 22.3 Å². The van der Waals surface area contributed by atoms with Crippen LogP contribution in [0, 0.1) is 6.92 Å². The van der Waals surface area contributed by atoms with Crippen molar-refractivity contribution in [3.05, 3.63) is 48.0 Å². The maximum Gasteiger partial charge on any atom is 0.133 e. The first-order chi connectivity index (χ1) is 15.0. The molecule has 0 N–H and O–H groups in total. The number of nitrogens with zero attached hydrogens (tertiary/aromatic N) is 7. The van der Waals surface area contributed by atoms with Crippen LogP contribution in [0.5, 0.6) is 0 Å². The number of aryl methyl sites for hydroxylation is 2. The Bertz CT molecular complexity index is 1190. The second-order valence-electron chi connectivity index (χ2n) is 8.89. The van der Waals surface area contributed by atoms with Crippen molar-refractivity contribution in [2.24, 2.45) is 7.05 Å². The predicted octanol–water partition coefficient (Wildman–Crippen LogP) is 4.09. The summed E-state index contributed by atoms with van der Waals surface area (Å²) < 4.78 is 9.27. The number of rotatable bonds is 5. The molecule has 5 heterocycles. The van der Waals surface area contributed by atoms with E-state index in [2.05, 4.69) is 39.6 Å². The van der Waals surface area contributed by atoms with Gasteiger partial charge in [0.05, 0.1) is 23.7 Å². The summed E-state index contributed by atoms with van der Waals surface area (Å²) in [4.78, 5) is 12.3. The first-order valence-corrected chi connectivity index (χ1v) is 11.0. The molecule has 31 heavy (non-hydrogen) atoms. The standard InChI is InChI=1S/C23H29N7O/c1-15(2)30-14-24-23-21(30)10-20(26-22(23)18-11-25-28(4)12-18)17-5-7-29(8-6-17)13-19-9-16(3)31-27-19/h9-12,14-15,17H,5-8,13H2,1-4H3. The van der Waals surface area contributed by atoms with E-state index in [-0.39, 0.29) is 0 Å². The number of piperidine rings is 1. The number of pyridine rings is 1. The van der Waals surface area contributed by atoms with Crippen molar-refractivity contribution in [2.45, 2.75) is 52.1 Å². The molecule has 0 unspecified atom stereocenters. The fraction of sp³-hybridized carbons (Fsp3) is 0.478. The van der Waals surface area contributed by atoms with Crippen molar-refractivity contribution in [3.63, 3.8) is 0 Å². The van der Waals surface area contributed by atoms with Gasteiger partial charge in [0.1, 0.15) is 17.0 Å². The fourth-order valence-electron chi connectivity index (χ4n) is 4.52. The molecule has 0 aromatic carbocycles. The summed E-state index contributed by atoms with van der Waals surface area (Å²) in [6.07, 6.45) is 7.99. The van der Waals surface area contributed by atoms with Crippen LogP contribution in [0.2, 0.25) is 0 Å². The number of hydrogen-bond acceptors (Lipinski definition) is 6. The number of likely N-dealkylation sites (tertiary alicyclic amines) is 1. The van der Waals surface area contributed by atoms with Gasteiger partial charge in [-0.1, -0.05) is 5.16 Å². The van der Waals surface area contributed by atoms with Crippen LogP contribution in [-0.2, 0) is 13.6 Å². The lowest BCUT2D eigenvalue weighted by Crippen LogP contribution is -2.32. The van der Waals surface area contributed by atoms with E-state index in [0.29, 0.717) is 12.0 Å². The highest BCUT2D eigenvalue weighted by Crippen LogP contribution is 2.34. The number of imidazole rings is 1. The van der Waals surface area contributed by atoms with Gasteiger partial charge in [0, 0.05) is 49.1 Å².